The number of hydrogen-bond donors (Lipinski definition) is 0. The molecule has 1 aromatic carbocycles. The molecule has 2 unspecified atom stereocenters. The molecule has 1 aliphatic heterocycles. The van der Waals surface area contributed by atoms with Crippen molar-refractivity contribution in [1.29, 1.82) is 5.26 Å². The van der Waals surface area contributed by atoms with Crippen LogP contribution in [0.15, 0.2) is 22.7 Å². The number of benzene rings is 1. The van der Waals surface area contributed by atoms with Gasteiger partial charge in [-0.25, -0.2) is 0 Å². The Morgan fingerprint density at radius 2 is 2.19 bits per heavy atom. The monoisotopic (exact) mass is 278 g/mol. The molecule has 0 amide bonds. The molecule has 2 atom stereocenters. The second-order valence-corrected chi connectivity index (χ2v) is 5.47. The third kappa shape index (κ3) is 2.08. The maximum absolute atomic E-state index is 8.83. The van der Waals surface area contributed by atoms with Crippen LogP contribution in [0, 0.1) is 17.2 Å². The second-order valence-electron chi connectivity index (χ2n) is 4.62. The highest BCUT2D eigenvalue weighted by Gasteiger charge is 2.27. The van der Waals surface area contributed by atoms with Gasteiger partial charge >= 0.3 is 0 Å². The number of nitrogens with zero attached hydrogens (tertiary/aromatic N) is 2. The molecule has 1 heterocycles. The van der Waals surface area contributed by atoms with Crippen LogP contribution < -0.4 is 4.90 Å². The van der Waals surface area contributed by atoms with E-state index in [1.54, 1.807) is 0 Å². The van der Waals surface area contributed by atoms with Crippen molar-refractivity contribution >= 4 is 21.6 Å². The van der Waals surface area contributed by atoms with E-state index in [1.807, 2.05) is 18.2 Å². The Morgan fingerprint density at radius 1 is 1.44 bits per heavy atom. The van der Waals surface area contributed by atoms with Crippen LogP contribution in [0.5, 0.6) is 0 Å². The number of halogens is 1. The SMILES string of the molecule is CC1CC(C)N(c2ccc(C#N)cc2Br)C1. The maximum atomic E-state index is 8.83. The highest BCUT2D eigenvalue weighted by Crippen LogP contribution is 2.34. The van der Waals surface area contributed by atoms with Crippen molar-refractivity contribution in [3.8, 4) is 6.07 Å². The molecule has 84 valence electrons. The molecule has 1 aromatic rings. The molecule has 0 spiro atoms. The minimum atomic E-state index is 0.583. The van der Waals surface area contributed by atoms with Gasteiger partial charge < -0.3 is 4.90 Å². The fraction of sp³-hybridized carbons (Fsp3) is 0.462. The topological polar surface area (TPSA) is 27.0 Å². The van der Waals surface area contributed by atoms with Gasteiger partial charge in [-0.2, -0.15) is 5.26 Å². The third-order valence-corrected chi connectivity index (χ3v) is 3.81. The number of anilines is 1. The first-order chi connectivity index (χ1) is 7.61. The Kier molecular flexibility index (Phi) is 3.20. The lowest BCUT2D eigenvalue weighted by Gasteiger charge is -2.25. The molecular weight excluding hydrogens is 264 g/mol. The van der Waals surface area contributed by atoms with Crippen molar-refractivity contribution < 1.29 is 0 Å². The van der Waals surface area contributed by atoms with Crippen LogP contribution in [0.3, 0.4) is 0 Å². The molecule has 16 heavy (non-hydrogen) atoms. The van der Waals surface area contributed by atoms with Crippen molar-refractivity contribution in [1.82, 2.24) is 0 Å². The molecule has 0 radical (unpaired) electrons. The summed E-state index contributed by atoms with van der Waals surface area (Å²) in [5.74, 6) is 0.748. The summed E-state index contributed by atoms with van der Waals surface area (Å²) in [4.78, 5) is 2.41. The predicted molar refractivity (Wildman–Crippen MR) is 69.4 cm³/mol. The predicted octanol–water partition coefficient (Wildman–Crippen LogP) is 3.56. The molecule has 2 nitrogen and oxygen atoms in total. The van der Waals surface area contributed by atoms with Crippen molar-refractivity contribution in [2.24, 2.45) is 5.92 Å². The molecular formula is C13H15BrN2. The molecule has 3 heteroatoms. The first-order valence-electron chi connectivity index (χ1n) is 5.58. The van der Waals surface area contributed by atoms with E-state index in [4.69, 9.17) is 5.26 Å². The fourth-order valence-electron chi connectivity index (χ4n) is 2.44. The van der Waals surface area contributed by atoms with E-state index < -0.39 is 0 Å². The first kappa shape index (κ1) is 11.5. The van der Waals surface area contributed by atoms with Gasteiger partial charge in [0.2, 0.25) is 0 Å². The lowest BCUT2D eigenvalue weighted by Crippen LogP contribution is -2.26. The van der Waals surface area contributed by atoms with Crippen molar-refractivity contribution in [3.63, 3.8) is 0 Å². The van der Waals surface area contributed by atoms with E-state index in [2.05, 4.69) is 40.7 Å². The molecule has 2 rings (SSSR count). The molecule has 0 saturated carbocycles. The standard InChI is InChI=1S/C13H15BrN2/c1-9-5-10(2)16(8-9)13-4-3-11(7-15)6-12(13)14/h3-4,6,9-10H,5,8H2,1-2H3. The summed E-state index contributed by atoms with van der Waals surface area (Å²) in [5.41, 5.74) is 1.91. The van der Waals surface area contributed by atoms with Crippen LogP contribution in [-0.2, 0) is 0 Å². The zero-order valence-corrected chi connectivity index (χ0v) is 11.2. The normalized spacial score (nSPS) is 24.5. The van der Waals surface area contributed by atoms with E-state index in [0.717, 1.165) is 16.9 Å². The quantitative estimate of drug-likeness (QED) is 0.786. The largest absolute Gasteiger partial charge is 0.368 e. The van der Waals surface area contributed by atoms with Crippen LogP contribution in [-0.4, -0.2) is 12.6 Å². The summed E-state index contributed by atoms with van der Waals surface area (Å²) in [5, 5.41) is 8.83. The van der Waals surface area contributed by atoms with Crippen molar-refractivity contribution in [3.05, 3.63) is 28.2 Å². The van der Waals surface area contributed by atoms with Gasteiger partial charge in [0.05, 0.1) is 17.3 Å². The van der Waals surface area contributed by atoms with E-state index in [-0.39, 0.29) is 0 Å². The zero-order valence-electron chi connectivity index (χ0n) is 9.57. The van der Waals surface area contributed by atoms with Crippen LogP contribution in [0.25, 0.3) is 0 Å². The van der Waals surface area contributed by atoms with Gasteiger partial charge in [0.25, 0.3) is 0 Å². The minimum Gasteiger partial charge on any atom is -0.368 e. The molecule has 1 saturated heterocycles. The molecule has 0 aliphatic carbocycles. The smallest absolute Gasteiger partial charge is 0.0992 e. The molecule has 1 fully saturated rings. The van der Waals surface area contributed by atoms with E-state index >= 15 is 0 Å². The third-order valence-electron chi connectivity index (χ3n) is 3.17. The average Bonchev–Trinajstić information content (AvgIpc) is 2.57. The van der Waals surface area contributed by atoms with Crippen LogP contribution in [0.2, 0.25) is 0 Å². The van der Waals surface area contributed by atoms with Gasteiger partial charge in [0, 0.05) is 17.1 Å². The average molecular weight is 279 g/mol. The Hall–Kier alpha value is -1.01. The highest BCUT2D eigenvalue weighted by atomic mass is 79.9. The first-order valence-corrected chi connectivity index (χ1v) is 6.37. The molecule has 1 aliphatic rings. The Bertz CT molecular complexity index is 436. The summed E-state index contributed by atoms with van der Waals surface area (Å²) in [6.45, 7) is 5.65. The van der Waals surface area contributed by atoms with E-state index in [1.165, 1.54) is 12.1 Å². The van der Waals surface area contributed by atoms with Gasteiger partial charge in [-0.1, -0.05) is 6.92 Å². The summed E-state index contributed by atoms with van der Waals surface area (Å²) in [6.07, 6.45) is 1.24. The summed E-state index contributed by atoms with van der Waals surface area (Å²) in [6, 6.07) is 8.56. The molecule has 0 bridgehead atoms. The zero-order chi connectivity index (χ0) is 11.7. The second kappa shape index (κ2) is 4.47. The number of rotatable bonds is 1. The van der Waals surface area contributed by atoms with Gasteiger partial charge in [-0.3, -0.25) is 0 Å². The summed E-state index contributed by atoms with van der Waals surface area (Å²) >= 11 is 3.55. The fourth-order valence-corrected chi connectivity index (χ4v) is 3.05. The molecule has 0 aromatic heterocycles. The maximum Gasteiger partial charge on any atom is 0.0992 e. The highest BCUT2D eigenvalue weighted by molar-refractivity contribution is 9.10. The van der Waals surface area contributed by atoms with Gasteiger partial charge in [0.1, 0.15) is 0 Å². The van der Waals surface area contributed by atoms with Gasteiger partial charge in [-0.15, -0.1) is 0 Å². The summed E-state index contributed by atoms with van der Waals surface area (Å²) in [7, 11) is 0. The van der Waals surface area contributed by atoms with Crippen LogP contribution in [0.4, 0.5) is 5.69 Å². The van der Waals surface area contributed by atoms with Gasteiger partial charge in [0.15, 0.2) is 0 Å². The van der Waals surface area contributed by atoms with E-state index in [9.17, 15) is 0 Å². The van der Waals surface area contributed by atoms with Crippen molar-refractivity contribution in [2.75, 3.05) is 11.4 Å². The van der Waals surface area contributed by atoms with Gasteiger partial charge in [-0.05, 0) is 53.4 Å². The molecule has 0 N–H and O–H groups in total. The lowest BCUT2D eigenvalue weighted by molar-refractivity contribution is 0.625. The Labute approximate surface area is 105 Å². The summed E-state index contributed by atoms with van der Waals surface area (Å²) < 4.78 is 1.02. The number of nitriles is 1. The Morgan fingerprint density at radius 3 is 2.69 bits per heavy atom. The van der Waals surface area contributed by atoms with Crippen LogP contribution in [0.1, 0.15) is 25.8 Å². The van der Waals surface area contributed by atoms with E-state index in [0.29, 0.717) is 11.6 Å². The Balaban J connectivity index is 2.31. The number of hydrogen-bond acceptors (Lipinski definition) is 2. The minimum absolute atomic E-state index is 0.583. The van der Waals surface area contributed by atoms with Crippen LogP contribution >= 0.6 is 15.9 Å². The lowest BCUT2D eigenvalue weighted by atomic mass is 10.1. The van der Waals surface area contributed by atoms with Crippen molar-refractivity contribution in [2.45, 2.75) is 26.3 Å².